The number of hydrogen-bond acceptors (Lipinski definition) is 7. The van der Waals surface area contributed by atoms with Gasteiger partial charge >= 0.3 is 0 Å². The van der Waals surface area contributed by atoms with E-state index >= 15 is 0 Å². The molecule has 0 aromatic carbocycles. The molecule has 1 amide bonds. The largest absolute Gasteiger partial charge is 0.372 e. The van der Waals surface area contributed by atoms with Crippen molar-refractivity contribution in [3.63, 3.8) is 0 Å². The van der Waals surface area contributed by atoms with E-state index in [1.165, 1.54) is 23.1 Å². The van der Waals surface area contributed by atoms with E-state index in [4.69, 9.17) is 4.74 Å². The maximum absolute atomic E-state index is 12.3. The molecule has 2 unspecified atom stereocenters. The van der Waals surface area contributed by atoms with Crippen LogP contribution in [0.4, 0.5) is 5.13 Å². The molecule has 1 N–H and O–H groups in total. The normalized spacial score (nSPS) is 22.7. The number of ether oxygens (including phenoxy) is 1. The Morgan fingerprint density at radius 1 is 1.36 bits per heavy atom. The van der Waals surface area contributed by atoms with Gasteiger partial charge in [0.15, 0.2) is 4.34 Å². The first-order valence-electron chi connectivity index (χ1n) is 7.40. The summed E-state index contributed by atoms with van der Waals surface area (Å²) in [5.41, 5.74) is -0.0443. The van der Waals surface area contributed by atoms with Crippen molar-refractivity contribution in [1.29, 1.82) is 0 Å². The number of morpholine rings is 1. The van der Waals surface area contributed by atoms with Gasteiger partial charge in [0.1, 0.15) is 0 Å². The predicted molar refractivity (Wildman–Crippen MR) is 90.6 cm³/mol. The Morgan fingerprint density at radius 3 is 2.59 bits per heavy atom. The fourth-order valence-electron chi connectivity index (χ4n) is 2.24. The minimum absolute atomic E-state index is 0.0443. The maximum atomic E-state index is 12.3. The zero-order valence-electron chi connectivity index (χ0n) is 13.8. The van der Waals surface area contributed by atoms with Gasteiger partial charge in [-0.1, -0.05) is 23.1 Å². The summed E-state index contributed by atoms with van der Waals surface area (Å²) < 4.78 is 6.46. The van der Waals surface area contributed by atoms with Gasteiger partial charge in [-0.3, -0.25) is 4.79 Å². The van der Waals surface area contributed by atoms with E-state index in [0.717, 1.165) is 9.47 Å². The Bertz CT molecular complexity index is 505. The van der Waals surface area contributed by atoms with E-state index < -0.39 is 0 Å². The predicted octanol–water partition coefficient (Wildman–Crippen LogP) is 2.48. The lowest BCUT2D eigenvalue weighted by molar-refractivity contribution is -0.140. The monoisotopic (exact) mass is 344 g/mol. The summed E-state index contributed by atoms with van der Waals surface area (Å²) in [7, 11) is 0. The van der Waals surface area contributed by atoms with Crippen molar-refractivity contribution in [3.05, 3.63) is 0 Å². The SMILES string of the molecule is CC1CN(C(=O)CSc2nnc(NC(C)(C)C)s2)CC(C)O1. The summed E-state index contributed by atoms with van der Waals surface area (Å²) in [6.07, 6.45) is 0.198. The van der Waals surface area contributed by atoms with Gasteiger partial charge in [-0.2, -0.15) is 0 Å². The Balaban J connectivity index is 1.83. The molecule has 0 bridgehead atoms. The lowest BCUT2D eigenvalue weighted by Gasteiger charge is -2.35. The summed E-state index contributed by atoms with van der Waals surface area (Å²) >= 11 is 2.93. The molecular weight excluding hydrogens is 320 g/mol. The third-order valence-electron chi connectivity index (χ3n) is 2.98. The number of nitrogens with zero attached hydrogens (tertiary/aromatic N) is 3. The van der Waals surface area contributed by atoms with Crippen LogP contribution in [0.5, 0.6) is 0 Å². The van der Waals surface area contributed by atoms with Crippen LogP contribution in [0, 0.1) is 0 Å². The Morgan fingerprint density at radius 2 is 2.00 bits per heavy atom. The molecule has 1 saturated heterocycles. The number of aromatic nitrogens is 2. The Labute approximate surface area is 140 Å². The molecule has 8 heteroatoms. The average Bonchev–Trinajstić information content (AvgIpc) is 2.80. The zero-order valence-corrected chi connectivity index (χ0v) is 15.4. The molecule has 124 valence electrons. The summed E-state index contributed by atoms with van der Waals surface area (Å²) in [6.45, 7) is 11.5. The number of amides is 1. The van der Waals surface area contributed by atoms with E-state index in [9.17, 15) is 4.79 Å². The first-order valence-corrected chi connectivity index (χ1v) is 9.21. The van der Waals surface area contributed by atoms with Crippen molar-refractivity contribution in [2.45, 2.75) is 56.7 Å². The molecule has 1 aliphatic heterocycles. The highest BCUT2D eigenvalue weighted by Gasteiger charge is 2.26. The highest BCUT2D eigenvalue weighted by atomic mass is 32.2. The van der Waals surface area contributed by atoms with Crippen molar-refractivity contribution < 1.29 is 9.53 Å². The van der Waals surface area contributed by atoms with Gasteiger partial charge in [0.05, 0.1) is 18.0 Å². The minimum atomic E-state index is -0.0443. The molecule has 1 aliphatic rings. The number of nitrogens with one attached hydrogen (secondary N) is 1. The van der Waals surface area contributed by atoms with E-state index in [0.29, 0.717) is 18.8 Å². The second-order valence-electron chi connectivity index (χ2n) is 6.59. The molecule has 0 saturated carbocycles. The molecule has 2 heterocycles. The third kappa shape index (κ3) is 5.40. The molecule has 1 aromatic rings. The van der Waals surface area contributed by atoms with Gasteiger partial charge < -0.3 is 15.0 Å². The van der Waals surface area contributed by atoms with Crippen LogP contribution in [-0.2, 0) is 9.53 Å². The van der Waals surface area contributed by atoms with Crippen molar-refractivity contribution in [2.24, 2.45) is 0 Å². The molecule has 1 fully saturated rings. The van der Waals surface area contributed by atoms with Crippen LogP contribution in [0.2, 0.25) is 0 Å². The van der Waals surface area contributed by atoms with Crippen LogP contribution in [0.3, 0.4) is 0 Å². The molecular formula is C14H24N4O2S2. The molecule has 6 nitrogen and oxygen atoms in total. The van der Waals surface area contributed by atoms with Gasteiger partial charge in [0.2, 0.25) is 11.0 Å². The van der Waals surface area contributed by atoms with Crippen molar-refractivity contribution in [1.82, 2.24) is 15.1 Å². The van der Waals surface area contributed by atoms with Crippen LogP contribution in [-0.4, -0.2) is 57.6 Å². The van der Waals surface area contributed by atoms with Crippen LogP contribution in [0.15, 0.2) is 4.34 Å². The molecule has 2 atom stereocenters. The van der Waals surface area contributed by atoms with Gasteiger partial charge in [-0.25, -0.2) is 0 Å². The summed E-state index contributed by atoms with van der Waals surface area (Å²) in [5, 5.41) is 12.3. The zero-order chi connectivity index (χ0) is 16.3. The number of anilines is 1. The number of hydrogen-bond donors (Lipinski definition) is 1. The van der Waals surface area contributed by atoms with Crippen molar-refractivity contribution in [2.75, 3.05) is 24.2 Å². The summed E-state index contributed by atoms with van der Waals surface area (Å²) in [5.74, 6) is 0.524. The Hall–Kier alpha value is -0.860. The fraction of sp³-hybridized carbons (Fsp3) is 0.786. The lowest BCUT2D eigenvalue weighted by atomic mass is 10.1. The highest BCUT2D eigenvalue weighted by molar-refractivity contribution is 8.01. The van der Waals surface area contributed by atoms with Crippen LogP contribution in [0.25, 0.3) is 0 Å². The van der Waals surface area contributed by atoms with Crippen LogP contribution in [0.1, 0.15) is 34.6 Å². The standard InChI is InChI=1S/C14H24N4O2S2/c1-9-6-18(7-10(2)20-9)11(19)8-21-13-17-16-12(22-13)15-14(3,4)5/h9-10H,6-8H2,1-5H3,(H,15,16). The number of carbonyl (C=O) groups is 1. The number of thioether (sulfide) groups is 1. The fourth-order valence-corrected chi connectivity index (χ4v) is 4.10. The van der Waals surface area contributed by atoms with Gasteiger partial charge in [0, 0.05) is 18.6 Å². The van der Waals surface area contributed by atoms with E-state index in [2.05, 4.69) is 36.3 Å². The van der Waals surface area contributed by atoms with E-state index in [1.807, 2.05) is 18.7 Å². The van der Waals surface area contributed by atoms with Crippen molar-refractivity contribution >= 4 is 34.1 Å². The second-order valence-corrected chi connectivity index (χ2v) is 8.79. The number of rotatable bonds is 4. The van der Waals surface area contributed by atoms with E-state index in [1.54, 1.807) is 0 Å². The molecule has 0 aliphatic carbocycles. The maximum Gasteiger partial charge on any atom is 0.233 e. The van der Waals surface area contributed by atoms with Gasteiger partial charge in [-0.15, -0.1) is 10.2 Å². The smallest absolute Gasteiger partial charge is 0.233 e. The lowest BCUT2D eigenvalue weighted by Crippen LogP contribution is -2.48. The molecule has 2 rings (SSSR count). The molecule has 0 radical (unpaired) electrons. The topological polar surface area (TPSA) is 67.4 Å². The highest BCUT2D eigenvalue weighted by Crippen LogP contribution is 2.27. The minimum Gasteiger partial charge on any atom is -0.372 e. The number of carbonyl (C=O) groups excluding carboxylic acids is 1. The van der Waals surface area contributed by atoms with Crippen LogP contribution >= 0.6 is 23.1 Å². The third-order valence-corrected chi connectivity index (χ3v) is 4.94. The quantitative estimate of drug-likeness (QED) is 0.847. The summed E-state index contributed by atoms with van der Waals surface area (Å²) in [6, 6.07) is 0. The van der Waals surface area contributed by atoms with Gasteiger partial charge in [0.25, 0.3) is 0 Å². The van der Waals surface area contributed by atoms with E-state index in [-0.39, 0.29) is 23.7 Å². The first kappa shape index (κ1) is 17.5. The molecule has 0 spiro atoms. The van der Waals surface area contributed by atoms with Gasteiger partial charge in [-0.05, 0) is 34.6 Å². The molecule has 1 aromatic heterocycles. The summed E-state index contributed by atoms with van der Waals surface area (Å²) in [4.78, 5) is 14.2. The Kier molecular flexibility index (Phi) is 5.68. The van der Waals surface area contributed by atoms with Crippen LogP contribution < -0.4 is 5.32 Å². The average molecular weight is 345 g/mol. The molecule has 22 heavy (non-hydrogen) atoms. The second kappa shape index (κ2) is 7.14. The first-order chi connectivity index (χ1) is 10.2. The van der Waals surface area contributed by atoms with Crippen molar-refractivity contribution in [3.8, 4) is 0 Å².